The number of para-hydroxylation sites is 1. The number of hydrogen-bond acceptors (Lipinski definition) is 4. The van der Waals surface area contributed by atoms with Crippen LogP contribution >= 0.6 is 0 Å². The highest BCUT2D eigenvalue weighted by Crippen LogP contribution is 2.31. The highest BCUT2D eigenvalue weighted by atomic mass is 16.5. The molecule has 138 valence electrons. The molecule has 1 aromatic carbocycles. The Bertz CT molecular complexity index is 983. The fraction of sp³-hybridized carbons (Fsp3) is 0.381. The molecule has 1 saturated heterocycles. The number of aromatic nitrogens is 3. The van der Waals surface area contributed by atoms with E-state index in [1.807, 2.05) is 51.9 Å². The lowest BCUT2D eigenvalue weighted by atomic mass is 9.92. The van der Waals surface area contributed by atoms with Crippen LogP contribution in [-0.2, 0) is 11.2 Å². The van der Waals surface area contributed by atoms with Gasteiger partial charge in [-0.05, 0) is 43.0 Å². The molecule has 6 heteroatoms. The van der Waals surface area contributed by atoms with Gasteiger partial charge in [-0.15, -0.1) is 10.2 Å². The van der Waals surface area contributed by atoms with Gasteiger partial charge >= 0.3 is 0 Å². The number of hydrogen-bond donors (Lipinski definition) is 0. The number of likely N-dealkylation sites (tertiary alicyclic amines) is 1. The van der Waals surface area contributed by atoms with Gasteiger partial charge in [0, 0.05) is 25.2 Å². The van der Waals surface area contributed by atoms with Crippen molar-refractivity contribution in [2.75, 3.05) is 19.7 Å². The number of carbonyl (C=O) groups is 1. The second-order valence-corrected chi connectivity index (χ2v) is 7.43. The van der Waals surface area contributed by atoms with Crippen LogP contribution in [0, 0.1) is 5.92 Å². The molecule has 6 nitrogen and oxygen atoms in total. The van der Waals surface area contributed by atoms with E-state index in [-0.39, 0.29) is 17.7 Å². The quantitative estimate of drug-likeness (QED) is 0.703. The summed E-state index contributed by atoms with van der Waals surface area (Å²) in [5.41, 5.74) is 1.98. The lowest BCUT2D eigenvalue weighted by molar-refractivity contribution is -0.138. The number of piperidine rings is 1. The molecular formula is C21H22N4O2. The minimum Gasteiger partial charge on any atom is -0.492 e. The molecule has 2 aliphatic heterocycles. The number of rotatable bonds is 2. The van der Waals surface area contributed by atoms with E-state index >= 15 is 0 Å². The monoisotopic (exact) mass is 362 g/mol. The third-order valence-electron chi connectivity index (χ3n) is 5.67. The van der Waals surface area contributed by atoms with Crippen LogP contribution in [0.25, 0.3) is 5.65 Å². The Balaban J connectivity index is 1.33. The zero-order chi connectivity index (χ0) is 18.2. The Morgan fingerprint density at radius 2 is 2.00 bits per heavy atom. The number of amides is 1. The van der Waals surface area contributed by atoms with E-state index in [9.17, 15) is 4.79 Å². The number of pyridine rings is 1. The smallest absolute Gasteiger partial charge is 0.229 e. The van der Waals surface area contributed by atoms with Gasteiger partial charge in [-0.1, -0.05) is 24.3 Å². The summed E-state index contributed by atoms with van der Waals surface area (Å²) in [6, 6.07) is 13.9. The molecule has 1 fully saturated rings. The molecule has 0 aliphatic carbocycles. The van der Waals surface area contributed by atoms with Crippen LogP contribution in [-0.4, -0.2) is 45.1 Å². The van der Waals surface area contributed by atoms with Crippen molar-refractivity contribution in [2.24, 2.45) is 5.92 Å². The van der Waals surface area contributed by atoms with Gasteiger partial charge < -0.3 is 9.64 Å². The summed E-state index contributed by atoms with van der Waals surface area (Å²) in [6.07, 6.45) is 4.77. The van der Waals surface area contributed by atoms with Crippen molar-refractivity contribution < 1.29 is 9.53 Å². The zero-order valence-corrected chi connectivity index (χ0v) is 15.1. The van der Waals surface area contributed by atoms with Crippen LogP contribution < -0.4 is 4.74 Å². The third kappa shape index (κ3) is 2.95. The standard InChI is InChI=1S/C21H22N4O2/c26-21(17-12-15-6-1-2-8-18(15)27-14-17)24-10-5-7-16(13-24)20-23-22-19-9-3-4-11-25(19)20/h1-4,6,8-9,11,16-17H,5,7,10,12-14H2/t16-,17-/m0/s1. The summed E-state index contributed by atoms with van der Waals surface area (Å²) in [5.74, 6) is 2.18. The maximum Gasteiger partial charge on any atom is 0.229 e. The fourth-order valence-corrected chi connectivity index (χ4v) is 4.27. The average Bonchev–Trinajstić information content (AvgIpc) is 3.17. The van der Waals surface area contributed by atoms with E-state index in [1.165, 1.54) is 0 Å². The molecule has 2 aromatic heterocycles. The van der Waals surface area contributed by atoms with Crippen molar-refractivity contribution >= 4 is 11.6 Å². The van der Waals surface area contributed by atoms with E-state index in [1.54, 1.807) is 0 Å². The van der Waals surface area contributed by atoms with Gasteiger partial charge in [0.15, 0.2) is 5.65 Å². The Hall–Kier alpha value is -2.89. The first-order valence-corrected chi connectivity index (χ1v) is 9.59. The Kier molecular flexibility index (Phi) is 4.03. The predicted octanol–water partition coefficient (Wildman–Crippen LogP) is 2.69. The van der Waals surface area contributed by atoms with Gasteiger partial charge in [0.1, 0.15) is 18.2 Å². The van der Waals surface area contributed by atoms with Crippen LogP contribution in [0.1, 0.15) is 30.1 Å². The minimum absolute atomic E-state index is 0.103. The van der Waals surface area contributed by atoms with Gasteiger partial charge in [0.05, 0.1) is 5.92 Å². The summed E-state index contributed by atoms with van der Waals surface area (Å²) in [7, 11) is 0. The fourth-order valence-electron chi connectivity index (χ4n) is 4.27. The molecule has 0 saturated carbocycles. The first-order valence-electron chi connectivity index (χ1n) is 9.59. The number of ether oxygens (including phenoxy) is 1. The van der Waals surface area contributed by atoms with Gasteiger partial charge in [0.2, 0.25) is 5.91 Å². The highest BCUT2D eigenvalue weighted by Gasteiger charge is 2.33. The Morgan fingerprint density at radius 1 is 1.11 bits per heavy atom. The predicted molar refractivity (Wildman–Crippen MR) is 101 cm³/mol. The molecule has 0 N–H and O–H groups in total. The number of carbonyl (C=O) groups excluding carboxylic acids is 1. The largest absolute Gasteiger partial charge is 0.492 e. The Labute approximate surface area is 157 Å². The summed E-state index contributed by atoms with van der Waals surface area (Å²) in [6.45, 7) is 1.97. The van der Waals surface area contributed by atoms with Crippen LogP contribution in [0.4, 0.5) is 0 Å². The van der Waals surface area contributed by atoms with Crippen LogP contribution in [0.5, 0.6) is 5.75 Å². The molecule has 0 radical (unpaired) electrons. The normalized spacial score (nSPS) is 22.3. The first kappa shape index (κ1) is 16.3. The van der Waals surface area contributed by atoms with Crippen molar-refractivity contribution in [3.8, 4) is 5.75 Å². The molecule has 2 aliphatic rings. The molecule has 2 atom stereocenters. The lowest BCUT2D eigenvalue weighted by Gasteiger charge is -2.35. The summed E-state index contributed by atoms with van der Waals surface area (Å²) in [4.78, 5) is 15.1. The van der Waals surface area contributed by atoms with Crippen LogP contribution in [0.15, 0.2) is 48.7 Å². The third-order valence-corrected chi connectivity index (χ3v) is 5.67. The van der Waals surface area contributed by atoms with E-state index in [0.29, 0.717) is 13.2 Å². The topological polar surface area (TPSA) is 59.7 Å². The van der Waals surface area contributed by atoms with E-state index in [2.05, 4.69) is 16.3 Å². The highest BCUT2D eigenvalue weighted by molar-refractivity contribution is 5.80. The summed E-state index contributed by atoms with van der Waals surface area (Å²) >= 11 is 0. The van der Waals surface area contributed by atoms with Gasteiger partial charge in [-0.2, -0.15) is 0 Å². The van der Waals surface area contributed by atoms with Crippen molar-refractivity contribution in [1.82, 2.24) is 19.5 Å². The van der Waals surface area contributed by atoms with E-state index in [4.69, 9.17) is 4.74 Å². The zero-order valence-electron chi connectivity index (χ0n) is 15.1. The molecule has 4 heterocycles. The van der Waals surface area contributed by atoms with Crippen LogP contribution in [0.3, 0.4) is 0 Å². The molecule has 27 heavy (non-hydrogen) atoms. The second-order valence-electron chi connectivity index (χ2n) is 7.43. The van der Waals surface area contributed by atoms with Crippen LogP contribution in [0.2, 0.25) is 0 Å². The summed E-state index contributed by atoms with van der Waals surface area (Å²) < 4.78 is 7.87. The maximum absolute atomic E-state index is 13.1. The summed E-state index contributed by atoms with van der Waals surface area (Å²) in [5, 5.41) is 8.67. The van der Waals surface area contributed by atoms with Crippen molar-refractivity contribution in [3.05, 3.63) is 60.0 Å². The molecule has 0 bridgehead atoms. The second kappa shape index (κ2) is 6.68. The van der Waals surface area contributed by atoms with E-state index < -0.39 is 0 Å². The van der Waals surface area contributed by atoms with Gasteiger partial charge in [0.25, 0.3) is 0 Å². The average molecular weight is 362 g/mol. The molecule has 5 rings (SSSR count). The van der Waals surface area contributed by atoms with Crippen molar-refractivity contribution in [2.45, 2.75) is 25.2 Å². The van der Waals surface area contributed by atoms with E-state index in [0.717, 1.165) is 48.6 Å². The first-order chi connectivity index (χ1) is 13.3. The molecule has 0 unspecified atom stereocenters. The van der Waals surface area contributed by atoms with Gasteiger partial charge in [-0.3, -0.25) is 9.20 Å². The number of fused-ring (bicyclic) bond motifs is 2. The number of benzene rings is 1. The van der Waals surface area contributed by atoms with Gasteiger partial charge in [-0.25, -0.2) is 0 Å². The molecule has 0 spiro atoms. The SMILES string of the molecule is O=C([C@@H]1COc2ccccc2C1)N1CCC[C@H](c2nnc3ccccn23)C1. The lowest BCUT2D eigenvalue weighted by Crippen LogP contribution is -2.45. The number of nitrogens with zero attached hydrogens (tertiary/aromatic N) is 4. The van der Waals surface area contributed by atoms with Crippen molar-refractivity contribution in [3.63, 3.8) is 0 Å². The maximum atomic E-state index is 13.1. The molecule has 3 aromatic rings. The minimum atomic E-state index is -0.103. The Morgan fingerprint density at radius 3 is 2.96 bits per heavy atom. The van der Waals surface area contributed by atoms with Crippen molar-refractivity contribution in [1.29, 1.82) is 0 Å². The molecular weight excluding hydrogens is 340 g/mol. The molecule has 1 amide bonds.